The van der Waals surface area contributed by atoms with Crippen LogP contribution in [0.3, 0.4) is 0 Å². The second kappa shape index (κ2) is 7.51. The van der Waals surface area contributed by atoms with E-state index in [1.807, 2.05) is 0 Å². The Kier molecular flexibility index (Phi) is 4.91. The van der Waals surface area contributed by atoms with Crippen molar-refractivity contribution in [3.05, 3.63) is 70.3 Å². The number of hydrogen-bond donors (Lipinski definition) is 1. The van der Waals surface area contributed by atoms with Crippen molar-refractivity contribution in [2.24, 2.45) is 0 Å². The highest BCUT2D eigenvalue weighted by Crippen LogP contribution is 2.31. The van der Waals surface area contributed by atoms with Crippen LogP contribution in [0.1, 0.15) is 28.6 Å². The molecule has 1 fully saturated rings. The van der Waals surface area contributed by atoms with E-state index in [4.69, 9.17) is 4.42 Å². The molecule has 1 aliphatic heterocycles. The fourth-order valence-electron chi connectivity index (χ4n) is 2.96. The molecule has 1 atom stereocenters. The molecule has 1 saturated heterocycles. The van der Waals surface area contributed by atoms with Crippen LogP contribution in [0.5, 0.6) is 0 Å². The zero-order chi connectivity index (χ0) is 19.7. The highest BCUT2D eigenvalue weighted by Gasteiger charge is 2.35. The minimum atomic E-state index is -0.377. The predicted octanol–water partition coefficient (Wildman–Crippen LogP) is 3.74. The highest BCUT2D eigenvalue weighted by molar-refractivity contribution is 9.10. The van der Waals surface area contributed by atoms with Gasteiger partial charge in [-0.3, -0.25) is 14.9 Å². The third-order valence-electron chi connectivity index (χ3n) is 4.38. The summed E-state index contributed by atoms with van der Waals surface area (Å²) in [4.78, 5) is 26.1. The molecule has 0 radical (unpaired) electrons. The van der Waals surface area contributed by atoms with Gasteiger partial charge in [0.1, 0.15) is 5.82 Å². The number of carbonyl (C=O) groups is 2. The van der Waals surface area contributed by atoms with Gasteiger partial charge in [0.2, 0.25) is 11.8 Å². The Labute approximate surface area is 167 Å². The summed E-state index contributed by atoms with van der Waals surface area (Å²) in [5, 5.41) is 10.3. The zero-order valence-electron chi connectivity index (χ0n) is 14.4. The van der Waals surface area contributed by atoms with Gasteiger partial charge in [-0.25, -0.2) is 4.39 Å². The molecule has 0 spiro atoms. The maximum absolute atomic E-state index is 13.1. The molecule has 0 unspecified atom stereocenters. The molecular formula is C19H14BrFN4O3. The standard InChI is InChI=1S/C19H14BrFN4O3/c20-13-3-1-11(2-4-13)17(27)22-19-24-23-18(28-19)12-9-16(26)25(10-12)15-7-5-14(21)6-8-15/h1-8,12H,9-10H2,(H,22,24,27)/t12-/m1/s1. The topological polar surface area (TPSA) is 88.3 Å². The molecule has 2 aromatic carbocycles. The number of aromatic nitrogens is 2. The van der Waals surface area contributed by atoms with Gasteiger partial charge < -0.3 is 9.32 Å². The lowest BCUT2D eigenvalue weighted by molar-refractivity contribution is -0.117. The van der Waals surface area contributed by atoms with Gasteiger partial charge >= 0.3 is 6.01 Å². The van der Waals surface area contributed by atoms with E-state index in [1.54, 1.807) is 41.3 Å². The van der Waals surface area contributed by atoms with Crippen LogP contribution >= 0.6 is 15.9 Å². The van der Waals surface area contributed by atoms with Gasteiger partial charge in [0.05, 0.1) is 5.92 Å². The molecule has 1 N–H and O–H groups in total. The molecule has 0 aliphatic carbocycles. The maximum atomic E-state index is 13.1. The van der Waals surface area contributed by atoms with Crippen LogP contribution in [0.2, 0.25) is 0 Å². The fraction of sp³-hybridized carbons (Fsp3) is 0.158. The molecule has 0 saturated carbocycles. The summed E-state index contributed by atoms with van der Waals surface area (Å²) in [6.45, 7) is 0.340. The number of carbonyl (C=O) groups excluding carboxylic acids is 2. The summed E-state index contributed by atoms with van der Waals surface area (Å²) in [7, 11) is 0. The average molecular weight is 445 g/mol. The number of hydrogen-bond acceptors (Lipinski definition) is 5. The minimum absolute atomic E-state index is 0.0319. The molecular weight excluding hydrogens is 431 g/mol. The largest absolute Gasteiger partial charge is 0.407 e. The highest BCUT2D eigenvalue weighted by atomic mass is 79.9. The third-order valence-corrected chi connectivity index (χ3v) is 4.91. The van der Waals surface area contributed by atoms with Gasteiger partial charge in [-0.05, 0) is 48.5 Å². The molecule has 0 bridgehead atoms. The van der Waals surface area contributed by atoms with Crippen molar-refractivity contribution in [2.45, 2.75) is 12.3 Å². The lowest BCUT2D eigenvalue weighted by atomic mass is 10.1. The molecule has 2 amide bonds. The van der Waals surface area contributed by atoms with Crippen LogP contribution in [0.25, 0.3) is 0 Å². The number of benzene rings is 2. The van der Waals surface area contributed by atoms with Gasteiger partial charge in [0.15, 0.2) is 0 Å². The number of nitrogens with zero attached hydrogens (tertiary/aromatic N) is 3. The predicted molar refractivity (Wildman–Crippen MR) is 103 cm³/mol. The van der Waals surface area contributed by atoms with E-state index in [0.29, 0.717) is 17.8 Å². The quantitative estimate of drug-likeness (QED) is 0.661. The van der Waals surface area contributed by atoms with Crippen LogP contribution in [-0.4, -0.2) is 28.6 Å². The van der Waals surface area contributed by atoms with Crippen molar-refractivity contribution in [3.63, 3.8) is 0 Å². The van der Waals surface area contributed by atoms with Crippen molar-refractivity contribution in [1.82, 2.24) is 10.2 Å². The van der Waals surface area contributed by atoms with E-state index in [9.17, 15) is 14.0 Å². The first-order chi connectivity index (χ1) is 13.5. The monoisotopic (exact) mass is 444 g/mol. The third kappa shape index (κ3) is 3.79. The molecule has 7 nitrogen and oxygen atoms in total. The number of halogens is 2. The molecule has 9 heteroatoms. The van der Waals surface area contributed by atoms with E-state index in [1.165, 1.54) is 12.1 Å². The molecule has 4 rings (SSSR count). The summed E-state index contributed by atoms with van der Waals surface area (Å²) >= 11 is 3.31. The van der Waals surface area contributed by atoms with Gasteiger partial charge in [-0.1, -0.05) is 21.0 Å². The summed E-state index contributed by atoms with van der Waals surface area (Å²) in [6, 6.07) is 12.5. The van der Waals surface area contributed by atoms with Gasteiger partial charge in [-0.15, -0.1) is 5.10 Å². The summed E-state index contributed by atoms with van der Waals surface area (Å²) in [6.07, 6.45) is 0.194. The molecule has 142 valence electrons. The SMILES string of the molecule is O=C(Nc1nnc([C@@H]2CC(=O)N(c3ccc(F)cc3)C2)o1)c1ccc(Br)cc1. The summed E-state index contributed by atoms with van der Waals surface area (Å²) in [5.74, 6) is -0.893. The molecule has 2 heterocycles. The first kappa shape index (κ1) is 18.3. The average Bonchev–Trinajstić information content (AvgIpc) is 3.29. The minimum Gasteiger partial charge on any atom is -0.407 e. The number of rotatable bonds is 4. The first-order valence-electron chi connectivity index (χ1n) is 8.46. The molecule has 1 aromatic heterocycles. The van der Waals surface area contributed by atoms with E-state index in [0.717, 1.165) is 4.47 Å². The normalized spacial score (nSPS) is 16.4. The van der Waals surface area contributed by atoms with E-state index in [2.05, 4.69) is 31.4 Å². The van der Waals surface area contributed by atoms with E-state index in [-0.39, 0.29) is 41.9 Å². The maximum Gasteiger partial charge on any atom is 0.322 e. The second-order valence-corrected chi connectivity index (χ2v) is 7.20. The van der Waals surface area contributed by atoms with Gasteiger partial charge in [0, 0.05) is 28.7 Å². The smallest absolute Gasteiger partial charge is 0.322 e. The molecule has 28 heavy (non-hydrogen) atoms. The van der Waals surface area contributed by atoms with Gasteiger partial charge in [-0.2, -0.15) is 0 Å². The first-order valence-corrected chi connectivity index (χ1v) is 9.25. The van der Waals surface area contributed by atoms with Crippen LogP contribution in [0, 0.1) is 5.82 Å². The molecule has 3 aromatic rings. The van der Waals surface area contributed by atoms with Crippen molar-refractivity contribution in [2.75, 3.05) is 16.8 Å². The number of nitrogens with one attached hydrogen (secondary N) is 1. The van der Waals surface area contributed by atoms with Crippen molar-refractivity contribution >= 4 is 39.4 Å². The van der Waals surface area contributed by atoms with Crippen molar-refractivity contribution in [3.8, 4) is 0 Å². The number of amides is 2. The molecule has 1 aliphatic rings. The Bertz CT molecular complexity index is 1020. The lowest BCUT2D eigenvalue weighted by Crippen LogP contribution is -2.24. The second-order valence-electron chi connectivity index (χ2n) is 6.29. The van der Waals surface area contributed by atoms with Crippen LogP contribution < -0.4 is 10.2 Å². The van der Waals surface area contributed by atoms with E-state index >= 15 is 0 Å². The van der Waals surface area contributed by atoms with Crippen molar-refractivity contribution < 1.29 is 18.4 Å². The Hall–Kier alpha value is -3.07. The van der Waals surface area contributed by atoms with Gasteiger partial charge in [0.25, 0.3) is 5.91 Å². The van der Waals surface area contributed by atoms with Crippen LogP contribution in [0.15, 0.2) is 57.4 Å². The van der Waals surface area contributed by atoms with Crippen LogP contribution in [-0.2, 0) is 4.79 Å². The Morgan fingerprint density at radius 3 is 2.57 bits per heavy atom. The van der Waals surface area contributed by atoms with E-state index < -0.39 is 0 Å². The van der Waals surface area contributed by atoms with Crippen molar-refractivity contribution in [1.29, 1.82) is 0 Å². The van der Waals surface area contributed by atoms with Crippen LogP contribution in [0.4, 0.5) is 16.1 Å². The fourth-order valence-corrected chi connectivity index (χ4v) is 3.23. The Balaban J connectivity index is 1.44. The Morgan fingerprint density at radius 1 is 1.14 bits per heavy atom. The number of anilines is 2. The lowest BCUT2D eigenvalue weighted by Gasteiger charge is -2.15. The summed E-state index contributed by atoms with van der Waals surface area (Å²) in [5.41, 5.74) is 1.05. The summed E-state index contributed by atoms with van der Waals surface area (Å²) < 4.78 is 19.5. The Morgan fingerprint density at radius 2 is 1.86 bits per heavy atom. The zero-order valence-corrected chi connectivity index (χ0v) is 16.0.